The Balaban J connectivity index is 1.86. The van der Waals surface area contributed by atoms with Gasteiger partial charge in [-0.3, -0.25) is 9.10 Å². The maximum absolute atomic E-state index is 12.9. The first-order chi connectivity index (χ1) is 16.1. The van der Waals surface area contributed by atoms with Crippen LogP contribution in [-0.4, -0.2) is 66.7 Å². The Labute approximate surface area is 200 Å². The lowest BCUT2D eigenvalue weighted by molar-refractivity contribution is -0.114. The molecular weight excluding hydrogens is 482 g/mol. The Morgan fingerprint density at radius 1 is 1.09 bits per heavy atom. The largest absolute Gasteiger partial charge is 0.495 e. The molecule has 0 unspecified atom stereocenters. The molecular formula is C22H29N3O7S2. The number of nitrogens with zero attached hydrogens (tertiary/aromatic N) is 2. The molecule has 0 saturated carbocycles. The topological polar surface area (TPSA) is 122 Å². The smallest absolute Gasteiger partial charge is 0.245 e. The third-order valence-corrected chi connectivity index (χ3v) is 8.29. The first kappa shape index (κ1) is 25.8. The van der Waals surface area contributed by atoms with Gasteiger partial charge in [0.1, 0.15) is 18.0 Å². The number of hydrogen-bond acceptors (Lipinski definition) is 7. The van der Waals surface area contributed by atoms with Gasteiger partial charge in [0.2, 0.25) is 26.0 Å². The molecule has 1 aliphatic rings. The molecule has 3 rings (SSSR count). The highest BCUT2D eigenvalue weighted by Crippen LogP contribution is 2.30. The number of benzene rings is 2. The second kappa shape index (κ2) is 10.6. The highest BCUT2D eigenvalue weighted by molar-refractivity contribution is 7.92. The SMILES string of the molecule is CCOc1cccc(N(CC(=O)Nc2cc(S(=O)(=O)N3CCCC3)ccc2OC)S(C)(=O)=O)c1. The Hall–Kier alpha value is -2.83. The lowest BCUT2D eigenvalue weighted by atomic mass is 10.2. The summed E-state index contributed by atoms with van der Waals surface area (Å²) in [5.74, 6) is 0.0507. The fraction of sp³-hybridized carbons (Fsp3) is 0.409. The first-order valence-electron chi connectivity index (χ1n) is 10.7. The zero-order chi connectivity index (χ0) is 24.9. The zero-order valence-electron chi connectivity index (χ0n) is 19.4. The molecule has 1 saturated heterocycles. The molecule has 0 bridgehead atoms. The van der Waals surface area contributed by atoms with Crippen LogP contribution in [0, 0.1) is 0 Å². The standard InChI is InChI=1S/C22H29N3O7S2/c1-4-32-18-9-7-8-17(14-18)25(33(3,27)28)16-22(26)23-20-15-19(10-11-21(20)31-2)34(29,30)24-12-5-6-13-24/h7-11,14-15H,4-6,12-13,16H2,1-3H3,(H,23,26). The fourth-order valence-electron chi connectivity index (χ4n) is 3.64. The molecule has 0 aromatic heterocycles. The predicted octanol–water partition coefficient (Wildman–Crippen LogP) is 2.28. The van der Waals surface area contributed by atoms with Crippen molar-refractivity contribution >= 4 is 37.3 Å². The Bertz CT molecular complexity index is 1240. The van der Waals surface area contributed by atoms with Crippen molar-refractivity contribution in [3.63, 3.8) is 0 Å². The van der Waals surface area contributed by atoms with Crippen LogP contribution in [-0.2, 0) is 24.8 Å². The van der Waals surface area contributed by atoms with Crippen LogP contribution in [0.5, 0.6) is 11.5 Å². The molecule has 1 fully saturated rings. The number of carbonyl (C=O) groups excluding carboxylic acids is 1. The molecule has 10 nitrogen and oxygen atoms in total. The normalized spacial score (nSPS) is 14.6. The van der Waals surface area contributed by atoms with E-state index in [0.717, 1.165) is 23.4 Å². The van der Waals surface area contributed by atoms with Crippen molar-refractivity contribution < 1.29 is 31.1 Å². The van der Waals surface area contributed by atoms with E-state index in [1.807, 2.05) is 0 Å². The Kier molecular flexibility index (Phi) is 8.05. The highest BCUT2D eigenvalue weighted by atomic mass is 32.2. The third-order valence-electron chi connectivity index (χ3n) is 5.25. The van der Waals surface area contributed by atoms with E-state index in [-0.39, 0.29) is 22.0 Å². The zero-order valence-corrected chi connectivity index (χ0v) is 21.0. The second-order valence-corrected chi connectivity index (χ2v) is 11.6. The maximum Gasteiger partial charge on any atom is 0.245 e. The van der Waals surface area contributed by atoms with E-state index in [0.29, 0.717) is 25.4 Å². The van der Waals surface area contributed by atoms with Crippen LogP contribution in [0.2, 0.25) is 0 Å². The van der Waals surface area contributed by atoms with Gasteiger partial charge in [-0.25, -0.2) is 16.8 Å². The monoisotopic (exact) mass is 511 g/mol. The molecule has 0 radical (unpaired) electrons. The van der Waals surface area contributed by atoms with Gasteiger partial charge in [0, 0.05) is 19.2 Å². The molecule has 1 heterocycles. The van der Waals surface area contributed by atoms with Gasteiger partial charge >= 0.3 is 0 Å². The average Bonchev–Trinajstić information content (AvgIpc) is 3.33. The van der Waals surface area contributed by atoms with E-state index >= 15 is 0 Å². The number of anilines is 2. The highest BCUT2D eigenvalue weighted by Gasteiger charge is 2.28. The van der Waals surface area contributed by atoms with Crippen molar-refractivity contribution in [1.82, 2.24) is 4.31 Å². The fourth-order valence-corrected chi connectivity index (χ4v) is 6.03. The molecule has 12 heteroatoms. The molecule has 1 amide bonds. The van der Waals surface area contributed by atoms with Crippen LogP contribution in [0.3, 0.4) is 0 Å². The molecule has 2 aromatic carbocycles. The quantitative estimate of drug-likeness (QED) is 0.519. The van der Waals surface area contributed by atoms with Crippen molar-refractivity contribution in [2.24, 2.45) is 0 Å². The van der Waals surface area contributed by atoms with Gasteiger partial charge in [0.15, 0.2) is 0 Å². The molecule has 0 aliphatic carbocycles. The molecule has 1 aliphatic heterocycles. The van der Waals surface area contributed by atoms with Gasteiger partial charge in [0.25, 0.3) is 0 Å². The number of ether oxygens (including phenoxy) is 2. The summed E-state index contributed by atoms with van der Waals surface area (Å²) in [5.41, 5.74) is 0.394. The van der Waals surface area contributed by atoms with Crippen molar-refractivity contribution in [2.75, 3.05) is 49.2 Å². The summed E-state index contributed by atoms with van der Waals surface area (Å²) in [6.45, 7) is 2.57. The van der Waals surface area contributed by atoms with Gasteiger partial charge in [-0.2, -0.15) is 4.31 Å². The maximum atomic E-state index is 12.9. The van der Waals surface area contributed by atoms with Crippen LogP contribution in [0.4, 0.5) is 11.4 Å². The summed E-state index contributed by atoms with van der Waals surface area (Å²) in [7, 11) is -6.14. The summed E-state index contributed by atoms with van der Waals surface area (Å²) < 4.78 is 63.8. The van der Waals surface area contributed by atoms with Gasteiger partial charge in [-0.1, -0.05) is 6.07 Å². The van der Waals surface area contributed by atoms with E-state index in [4.69, 9.17) is 9.47 Å². The van der Waals surface area contributed by atoms with E-state index in [2.05, 4.69) is 5.32 Å². The minimum atomic E-state index is -3.81. The van der Waals surface area contributed by atoms with E-state index in [9.17, 15) is 21.6 Å². The van der Waals surface area contributed by atoms with Crippen molar-refractivity contribution in [3.05, 3.63) is 42.5 Å². The molecule has 34 heavy (non-hydrogen) atoms. The number of amides is 1. The number of sulfonamides is 2. The molecule has 0 spiro atoms. The van der Waals surface area contributed by atoms with E-state index in [1.54, 1.807) is 25.1 Å². The van der Waals surface area contributed by atoms with Gasteiger partial charge in [-0.15, -0.1) is 0 Å². The Morgan fingerprint density at radius 2 is 1.79 bits per heavy atom. The Morgan fingerprint density at radius 3 is 2.41 bits per heavy atom. The number of hydrogen-bond donors (Lipinski definition) is 1. The van der Waals surface area contributed by atoms with Crippen LogP contribution >= 0.6 is 0 Å². The van der Waals surface area contributed by atoms with Crippen molar-refractivity contribution in [1.29, 1.82) is 0 Å². The van der Waals surface area contributed by atoms with Crippen LogP contribution in [0.15, 0.2) is 47.4 Å². The second-order valence-electron chi connectivity index (χ2n) is 7.72. The van der Waals surface area contributed by atoms with Gasteiger partial charge < -0.3 is 14.8 Å². The summed E-state index contributed by atoms with van der Waals surface area (Å²) in [4.78, 5) is 12.9. The van der Waals surface area contributed by atoms with Gasteiger partial charge in [0.05, 0.1) is 36.2 Å². The minimum absolute atomic E-state index is 0.0230. The molecule has 0 atom stereocenters. The average molecular weight is 512 g/mol. The summed E-state index contributed by atoms with van der Waals surface area (Å²) >= 11 is 0. The van der Waals surface area contributed by atoms with Gasteiger partial charge in [-0.05, 0) is 50.1 Å². The molecule has 1 N–H and O–H groups in total. The molecule has 186 valence electrons. The summed E-state index contributed by atoms with van der Waals surface area (Å²) in [6.07, 6.45) is 2.59. The van der Waals surface area contributed by atoms with Crippen molar-refractivity contribution in [3.8, 4) is 11.5 Å². The molecule has 2 aromatic rings. The number of carbonyl (C=O) groups is 1. The number of nitrogens with one attached hydrogen (secondary N) is 1. The van der Waals surface area contributed by atoms with Crippen molar-refractivity contribution in [2.45, 2.75) is 24.7 Å². The first-order valence-corrected chi connectivity index (χ1v) is 14.0. The number of methoxy groups -OCH3 is 1. The van der Waals surface area contributed by atoms with Crippen LogP contribution in [0.1, 0.15) is 19.8 Å². The minimum Gasteiger partial charge on any atom is -0.495 e. The lowest BCUT2D eigenvalue weighted by Gasteiger charge is -2.23. The van der Waals surface area contributed by atoms with Crippen LogP contribution in [0.25, 0.3) is 0 Å². The number of rotatable bonds is 10. The third kappa shape index (κ3) is 5.99. The summed E-state index contributed by atoms with van der Waals surface area (Å²) in [6, 6.07) is 10.6. The predicted molar refractivity (Wildman–Crippen MR) is 129 cm³/mol. The van der Waals surface area contributed by atoms with E-state index < -0.39 is 32.5 Å². The van der Waals surface area contributed by atoms with E-state index in [1.165, 1.54) is 35.7 Å². The summed E-state index contributed by atoms with van der Waals surface area (Å²) in [5, 5.41) is 2.59. The van der Waals surface area contributed by atoms with Crippen LogP contribution < -0.4 is 19.1 Å². The lowest BCUT2D eigenvalue weighted by Crippen LogP contribution is -2.37.